The summed E-state index contributed by atoms with van der Waals surface area (Å²) in [6.07, 6.45) is 4.39. The Balaban J connectivity index is 2.49. The maximum atomic E-state index is 5.23. The van der Waals surface area contributed by atoms with E-state index in [4.69, 9.17) is 12.2 Å². The van der Waals surface area contributed by atoms with Crippen molar-refractivity contribution in [1.82, 2.24) is 5.32 Å². The minimum atomic E-state index is 0.704. The molecule has 0 amide bonds. The molecule has 4 heteroatoms. The Bertz CT molecular complexity index is 340. The molecule has 2 nitrogen and oxygen atoms in total. The molecule has 0 aliphatic carbocycles. The third-order valence-corrected chi connectivity index (χ3v) is 3.21. The lowest BCUT2D eigenvalue weighted by molar-refractivity contribution is 0.758. The minimum Gasteiger partial charge on any atom is -0.362 e. The van der Waals surface area contributed by atoms with E-state index >= 15 is 0 Å². The van der Waals surface area contributed by atoms with E-state index in [0.29, 0.717) is 5.11 Å². The van der Waals surface area contributed by atoms with Gasteiger partial charge < -0.3 is 10.6 Å². The zero-order chi connectivity index (χ0) is 11.8. The Morgan fingerprint density at radius 2 is 2.12 bits per heavy atom. The lowest BCUT2D eigenvalue weighted by Crippen LogP contribution is -2.29. The predicted molar refractivity (Wildman–Crippen MR) is 77.4 cm³/mol. The lowest BCUT2D eigenvalue weighted by atomic mass is 10.3. The zero-order valence-corrected chi connectivity index (χ0v) is 11.4. The molecule has 1 aromatic rings. The van der Waals surface area contributed by atoms with E-state index in [1.807, 2.05) is 18.2 Å². The average Bonchev–Trinajstić information content (AvgIpc) is 2.30. The highest BCUT2D eigenvalue weighted by atomic mass is 32.2. The van der Waals surface area contributed by atoms with Gasteiger partial charge in [0.15, 0.2) is 5.11 Å². The topological polar surface area (TPSA) is 24.1 Å². The maximum Gasteiger partial charge on any atom is 0.170 e. The summed E-state index contributed by atoms with van der Waals surface area (Å²) >= 11 is 6.94. The van der Waals surface area contributed by atoms with E-state index in [2.05, 4.69) is 29.9 Å². The van der Waals surface area contributed by atoms with Gasteiger partial charge in [-0.3, -0.25) is 0 Å². The van der Waals surface area contributed by atoms with Gasteiger partial charge in [-0.05, 0) is 37.0 Å². The van der Waals surface area contributed by atoms with Gasteiger partial charge >= 0.3 is 0 Å². The molecule has 0 aliphatic heterocycles. The molecule has 0 aromatic heterocycles. The molecule has 2 N–H and O–H groups in total. The van der Waals surface area contributed by atoms with Crippen molar-refractivity contribution in [2.45, 2.75) is 24.7 Å². The molecule has 88 valence electrons. The fraction of sp³-hybridized carbons (Fsp3) is 0.417. The third-order valence-electron chi connectivity index (χ3n) is 2.17. The van der Waals surface area contributed by atoms with Crippen molar-refractivity contribution in [3.05, 3.63) is 24.3 Å². The van der Waals surface area contributed by atoms with Crippen LogP contribution < -0.4 is 10.6 Å². The molecule has 1 rings (SSSR count). The highest BCUT2D eigenvalue weighted by Crippen LogP contribution is 2.24. The van der Waals surface area contributed by atoms with Crippen LogP contribution in [0.2, 0.25) is 0 Å². The monoisotopic (exact) mass is 254 g/mol. The number of unbranched alkanes of at least 4 members (excludes halogenated alkanes) is 1. The summed E-state index contributed by atoms with van der Waals surface area (Å²) in [6.45, 7) is 3.10. The van der Waals surface area contributed by atoms with E-state index in [0.717, 1.165) is 18.7 Å². The Labute approximate surface area is 107 Å². The molecule has 0 aliphatic rings. The molecule has 0 spiro atoms. The second-order valence-electron chi connectivity index (χ2n) is 3.43. The van der Waals surface area contributed by atoms with Crippen molar-refractivity contribution >= 4 is 34.8 Å². The second-order valence-corrected chi connectivity index (χ2v) is 4.69. The quantitative estimate of drug-likeness (QED) is 0.477. The summed E-state index contributed by atoms with van der Waals surface area (Å²) in [5.74, 6) is 0. The van der Waals surface area contributed by atoms with Crippen molar-refractivity contribution in [2.75, 3.05) is 18.1 Å². The van der Waals surface area contributed by atoms with Crippen molar-refractivity contribution in [2.24, 2.45) is 0 Å². The predicted octanol–water partition coefficient (Wildman–Crippen LogP) is 3.50. The fourth-order valence-corrected chi connectivity index (χ4v) is 2.06. The molecule has 0 bridgehead atoms. The van der Waals surface area contributed by atoms with E-state index in [-0.39, 0.29) is 0 Å². The van der Waals surface area contributed by atoms with Gasteiger partial charge in [0.05, 0.1) is 5.69 Å². The SMILES string of the molecule is CCCCNC(=S)Nc1ccccc1SC. The van der Waals surface area contributed by atoms with Crippen molar-refractivity contribution in [3.8, 4) is 0 Å². The first-order chi connectivity index (χ1) is 7.77. The van der Waals surface area contributed by atoms with Gasteiger partial charge in [0.1, 0.15) is 0 Å². The van der Waals surface area contributed by atoms with Crippen molar-refractivity contribution < 1.29 is 0 Å². The highest BCUT2D eigenvalue weighted by molar-refractivity contribution is 7.98. The van der Waals surface area contributed by atoms with Gasteiger partial charge in [0.25, 0.3) is 0 Å². The highest BCUT2D eigenvalue weighted by Gasteiger charge is 2.01. The van der Waals surface area contributed by atoms with Crippen LogP contribution >= 0.6 is 24.0 Å². The number of thiocarbonyl (C=S) groups is 1. The smallest absolute Gasteiger partial charge is 0.170 e. The van der Waals surface area contributed by atoms with Crippen LogP contribution in [0.1, 0.15) is 19.8 Å². The first kappa shape index (κ1) is 13.3. The van der Waals surface area contributed by atoms with Crippen LogP contribution in [-0.4, -0.2) is 17.9 Å². The molecule has 0 fully saturated rings. The molecule has 0 unspecified atom stereocenters. The maximum absolute atomic E-state index is 5.23. The van der Waals surface area contributed by atoms with E-state index in [9.17, 15) is 0 Å². The molecule has 0 radical (unpaired) electrons. The van der Waals surface area contributed by atoms with Crippen LogP contribution in [0, 0.1) is 0 Å². The Hall–Kier alpha value is -0.740. The summed E-state index contributed by atoms with van der Waals surface area (Å²) in [5.41, 5.74) is 1.07. The average molecular weight is 254 g/mol. The van der Waals surface area contributed by atoms with Crippen LogP contribution in [0.4, 0.5) is 5.69 Å². The molecule has 0 saturated heterocycles. The summed E-state index contributed by atoms with van der Waals surface area (Å²) in [4.78, 5) is 1.21. The Morgan fingerprint density at radius 3 is 2.81 bits per heavy atom. The fourth-order valence-electron chi connectivity index (χ4n) is 1.29. The lowest BCUT2D eigenvalue weighted by Gasteiger charge is -2.12. The van der Waals surface area contributed by atoms with E-state index < -0.39 is 0 Å². The zero-order valence-electron chi connectivity index (χ0n) is 9.75. The number of thioether (sulfide) groups is 1. The normalized spacial score (nSPS) is 9.88. The van der Waals surface area contributed by atoms with Gasteiger partial charge in [-0.2, -0.15) is 0 Å². The minimum absolute atomic E-state index is 0.704. The number of benzene rings is 1. The van der Waals surface area contributed by atoms with Crippen LogP contribution in [0.25, 0.3) is 0 Å². The summed E-state index contributed by atoms with van der Waals surface area (Å²) in [7, 11) is 0. The van der Waals surface area contributed by atoms with Gasteiger partial charge in [0.2, 0.25) is 0 Å². The van der Waals surface area contributed by atoms with Crippen LogP contribution in [-0.2, 0) is 0 Å². The molecule has 0 heterocycles. The van der Waals surface area contributed by atoms with Gasteiger partial charge in [0, 0.05) is 11.4 Å². The number of hydrogen-bond donors (Lipinski definition) is 2. The van der Waals surface area contributed by atoms with Crippen LogP contribution in [0.15, 0.2) is 29.2 Å². The summed E-state index contributed by atoms with van der Waals surface area (Å²) in [6, 6.07) is 8.17. The molecule has 0 atom stereocenters. The first-order valence-corrected chi connectivity index (χ1v) is 7.09. The molecular formula is C12H18N2S2. The van der Waals surface area contributed by atoms with Gasteiger partial charge in [-0.25, -0.2) is 0 Å². The molecule has 0 saturated carbocycles. The number of hydrogen-bond acceptors (Lipinski definition) is 2. The third kappa shape index (κ3) is 4.41. The number of anilines is 1. The van der Waals surface area contributed by atoms with Crippen LogP contribution in [0.3, 0.4) is 0 Å². The standard InChI is InChI=1S/C12H18N2S2/c1-3-4-9-13-12(15)14-10-7-5-6-8-11(10)16-2/h5-8H,3-4,9H2,1-2H3,(H2,13,14,15). The number of nitrogens with one attached hydrogen (secondary N) is 2. The molecule has 16 heavy (non-hydrogen) atoms. The van der Waals surface area contributed by atoms with Crippen molar-refractivity contribution in [1.29, 1.82) is 0 Å². The van der Waals surface area contributed by atoms with E-state index in [1.165, 1.54) is 11.3 Å². The summed E-state index contributed by atoms with van der Waals surface area (Å²) in [5, 5.41) is 7.12. The molecule has 1 aromatic carbocycles. The van der Waals surface area contributed by atoms with Gasteiger partial charge in [-0.1, -0.05) is 25.5 Å². The largest absolute Gasteiger partial charge is 0.362 e. The Kier molecular flexibility index (Phi) is 6.26. The summed E-state index contributed by atoms with van der Waals surface area (Å²) < 4.78 is 0. The van der Waals surface area contributed by atoms with E-state index in [1.54, 1.807) is 11.8 Å². The first-order valence-electron chi connectivity index (χ1n) is 5.45. The number of rotatable bonds is 5. The number of para-hydroxylation sites is 1. The second kappa shape index (κ2) is 7.52. The van der Waals surface area contributed by atoms with Crippen molar-refractivity contribution in [3.63, 3.8) is 0 Å². The molecular weight excluding hydrogens is 236 g/mol. The van der Waals surface area contributed by atoms with Crippen LogP contribution in [0.5, 0.6) is 0 Å². The Morgan fingerprint density at radius 1 is 1.38 bits per heavy atom. The van der Waals surface area contributed by atoms with Gasteiger partial charge in [-0.15, -0.1) is 11.8 Å².